The molecule has 1 aromatic carbocycles. The summed E-state index contributed by atoms with van der Waals surface area (Å²) in [5.74, 6) is 1.59. The average molecular weight is 320 g/mol. The molecule has 3 aromatic rings. The van der Waals surface area contributed by atoms with Gasteiger partial charge < -0.3 is 4.90 Å². The highest BCUT2D eigenvalue weighted by Crippen LogP contribution is 2.28. The zero-order chi connectivity index (χ0) is 16.4. The van der Waals surface area contributed by atoms with Crippen LogP contribution in [-0.2, 0) is 6.54 Å². The van der Waals surface area contributed by atoms with Gasteiger partial charge in [0.25, 0.3) is 5.56 Å². The second-order valence-corrected chi connectivity index (χ2v) is 6.36. The SMILES string of the molecule is O=c1ccncn1CC1CCN(c2nccc3ccccc23)CC1. The van der Waals surface area contributed by atoms with Gasteiger partial charge in [0.2, 0.25) is 0 Å². The number of anilines is 1. The first-order valence-electron chi connectivity index (χ1n) is 8.40. The van der Waals surface area contributed by atoms with E-state index in [1.54, 1.807) is 17.1 Å². The third-order valence-electron chi connectivity index (χ3n) is 4.81. The van der Waals surface area contributed by atoms with E-state index in [1.165, 1.54) is 16.8 Å². The number of pyridine rings is 1. The van der Waals surface area contributed by atoms with Crippen LogP contribution < -0.4 is 10.5 Å². The van der Waals surface area contributed by atoms with Crippen LogP contribution >= 0.6 is 0 Å². The molecule has 5 nitrogen and oxygen atoms in total. The van der Waals surface area contributed by atoms with Gasteiger partial charge in [0.15, 0.2) is 0 Å². The van der Waals surface area contributed by atoms with Gasteiger partial charge in [0, 0.05) is 43.5 Å². The van der Waals surface area contributed by atoms with Gasteiger partial charge in [-0.3, -0.25) is 9.36 Å². The molecule has 0 amide bonds. The molecule has 1 aliphatic heterocycles. The standard InChI is InChI=1S/C19H20N4O/c24-18-6-9-20-14-23(18)13-15-7-11-22(12-8-15)19-17-4-2-1-3-16(17)5-10-21-19/h1-6,9-10,14-15H,7-8,11-13H2. The first-order chi connectivity index (χ1) is 11.8. The van der Waals surface area contributed by atoms with E-state index in [0.717, 1.165) is 38.3 Å². The molecule has 4 rings (SSSR count). The van der Waals surface area contributed by atoms with Gasteiger partial charge in [-0.15, -0.1) is 0 Å². The van der Waals surface area contributed by atoms with Crippen molar-refractivity contribution < 1.29 is 0 Å². The summed E-state index contributed by atoms with van der Waals surface area (Å²) in [7, 11) is 0. The zero-order valence-corrected chi connectivity index (χ0v) is 13.5. The van der Waals surface area contributed by atoms with Gasteiger partial charge in [-0.2, -0.15) is 0 Å². The van der Waals surface area contributed by atoms with Gasteiger partial charge in [-0.05, 0) is 30.2 Å². The van der Waals surface area contributed by atoms with Crippen LogP contribution in [0.3, 0.4) is 0 Å². The molecule has 0 bridgehead atoms. The van der Waals surface area contributed by atoms with Crippen LogP contribution in [0.4, 0.5) is 5.82 Å². The van der Waals surface area contributed by atoms with Crippen molar-refractivity contribution in [2.75, 3.05) is 18.0 Å². The van der Waals surface area contributed by atoms with Crippen molar-refractivity contribution >= 4 is 16.6 Å². The molecular weight excluding hydrogens is 300 g/mol. The minimum atomic E-state index is 0.0307. The number of hydrogen-bond donors (Lipinski definition) is 0. The molecule has 0 unspecified atom stereocenters. The van der Waals surface area contributed by atoms with E-state index in [0.29, 0.717) is 5.92 Å². The van der Waals surface area contributed by atoms with E-state index in [4.69, 9.17) is 0 Å². The molecule has 5 heteroatoms. The molecule has 0 aliphatic carbocycles. The number of benzene rings is 1. The van der Waals surface area contributed by atoms with E-state index in [2.05, 4.69) is 45.2 Å². The maximum absolute atomic E-state index is 11.8. The Bertz CT molecular complexity index is 892. The highest BCUT2D eigenvalue weighted by Gasteiger charge is 2.21. The average Bonchev–Trinajstić information content (AvgIpc) is 2.64. The van der Waals surface area contributed by atoms with Crippen LogP contribution in [0.15, 0.2) is 59.9 Å². The largest absolute Gasteiger partial charge is 0.356 e. The highest BCUT2D eigenvalue weighted by molar-refractivity contribution is 5.92. The molecule has 2 aromatic heterocycles. The third kappa shape index (κ3) is 2.89. The van der Waals surface area contributed by atoms with Crippen molar-refractivity contribution in [2.45, 2.75) is 19.4 Å². The second-order valence-electron chi connectivity index (χ2n) is 6.36. The fourth-order valence-corrected chi connectivity index (χ4v) is 3.48. The molecule has 0 N–H and O–H groups in total. The zero-order valence-electron chi connectivity index (χ0n) is 13.5. The lowest BCUT2D eigenvalue weighted by molar-refractivity contribution is 0.350. The Hall–Kier alpha value is -2.69. The van der Waals surface area contributed by atoms with Gasteiger partial charge in [-0.25, -0.2) is 9.97 Å². The van der Waals surface area contributed by atoms with E-state index in [9.17, 15) is 4.79 Å². The second kappa shape index (κ2) is 6.43. The van der Waals surface area contributed by atoms with Crippen LogP contribution in [0.5, 0.6) is 0 Å². The lowest BCUT2D eigenvalue weighted by Crippen LogP contribution is -2.36. The lowest BCUT2D eigenvalue weighted by atomic mass is 9.96. The Labute approximate surface area is 140 Å². The van der Waals surface area contributed by atoms with E-state index < -0.39 is 0 Å². The van der Waals surface area contributed by atoms with Gasteiger partial charge in [0.1, 0.15) is 5.82 Å². The van der Waals surface area contributed by atoms with Crippen molar-refractivity contribution in [3.05, 3.63) is 65.5 Å². The van der Waals surface area contributed by atoms with E-state index >= 15 is 0 Å². The summed E-state index contributed by atoms with van der Waals surface area (Å²) in [6.07, 6.45) is 7.20. The van der Waals surface area contributed by atoms with Gasteiger partial charge in [-0.1, -0.05) is 24.3 Å². The molecule has 24 heavy (non-hydrogen) atoms. The van der Waals surface area contributed by atoms with Crippen molar-refractivity contribution in [2.24, 2.45) is 5.92 Å². The highest BCUT2D eigenvalue weighted by atomic mass is 16.1. The van der Waals surface area contributed by atoms with E-state index in [-0.39, 0.29) is 5.56 Å². The number of aromatic nitrogens is 3. The minimum absolute atomic E-state index is 0.0307. The number of fused-ring (bicyclic) bond motifs is 1. The molecule has 0 saturated carbocycles. The molecule has 0 spiro atoms. The normalized spacial score (nSPS) is 15.8. The van der Waals surface area contributed by atoms with E-state index in [1.807, 2.05) is 6.20 Å². The summed E-state index contributed by atoms with van der Waals surface area (Å²) in [5, 5.41) is 2.44. The summed E-state index contributed by atoms with van der Waals surface area (Å²) >= 11 is 0. The van der Waals surface area contributed by atoms with Crippen LogP contribution in [0, 0.1) is 5.92 Å². The Morgan fingerprint density at radius 3 is 2.71 bits per heavy atom. The Balaban J connectivity index is 1.48. The van der Waals surface area contributed by atoms with Crippen molar-refractivity contribution in [1.82, 2.24) is 14.5 Å². The number of nitrogens with zero attached hydrogens (tertiary/aromatic N) is 4. The summed E-state index contributed by atoms with van der Waals surface area (Å²) < 4.78 is 1.72. The van der Waals surface area contributed by atoms with Gasteiger partial charge >= 0.3 is 0 Å². The molecule has 0 atom stereocenters. The minimum Gasteiger partial charge on any atom is -0.356 e. The maximum atomic E-state index is 11.8. The third-order valence-corrected chi connectivity index (χ3v) is 4.81. The van der Waals surface area contributed by atoms with Crippen LogP contribution in [0.25, 0.3) is 10.8 Å². The fraction of sp³-hybridized carbons (Fsp3) is 0.316. The number of piperidine rings is 1. The first kappa shape index (κ1) is 14.9. The summed E-state index contributed by atoms with van der Waals surface area (Å²) in [4.78, 5) is 22.9. The molecule has 1 saturated heterocycles. The van der Waals surface area contributed by atoms with Crippen LogP contribution in [0.2, 0.25) is 0 Å². The fourth-order valence-electron chi connectivity index (χ4n) is 3.48. The quantitative estimate of drug-likeness (QED) is 0.744. The Kier molecular flexibility index (Phi) is 3.99. The predicted octanol–water partition coefficient (Wildman–Crippen LogP) is 2.71. The lowest BCUT2D eigenvalue weighted by Gasteiger charge is -2.33. The molecule has 1 fully saturated rings. The number of hydrogen-bond acceptors (Lipinski definition) is 4. The van der Waals surface area contributed by atoms with Crippen LogP contribution in [0.1, 0.15) is 12.8 Å². The Morgan fingerprint density at radius 1 is 1.04 bits per heavy atom. The molecule has 3 heterocycles. The van der Waals surface area contributed by atoms with Gasteiger partial charge in [0.05, 0.1) is 6.33 Å². The molecule has 1 aliphatic rings. The molecule has 0 radical (unpaired) electrons. The summed E-state index contributed by atoms with van der Waals surface area (Å²) in [5.41, 5.74) is 0.0307. The van der Waals surface area contributed by atoms with Crippen molar-refractivity contribution in [1.29, 1.82) is 0 Å². The van der Waals surface area contributed by atoms with Crippen LogP contribution in [-0.4, -0.2) is 27.6 Å². The van der Waals surface area contributed by atoms with Crippen molar-refractivity contribution in [3.8, 4) is 0 Å². The molecular formula is C19H20N4O. The molecule has 122 valence electrons. The summed E-state index contributed by atoms with van der Waals surface area (Å²) in [6.45, 7) is 2.70. The predicted molar refractivity (Wildman–Crippen MR) is 95.2 cm³/mol. The first-order valence-corrected chi connectivity index (χ1v) is 8.40. The number of rotatable bonds is 3. The monoisotopic (exact) mass is 320 g/mol. The Morgan fingerprint density at radius 2 is 1.88 bits per heavy atom. The summed E-state index contributed by atoms with van der Waals surface area (Å²) in [6, 6.07) is 12.0. The van der Waals surface area contributed by atoms with Crippen molar-refractivity contribution in [3.63, 3.8) is 0 Å². The maximum Gasteiger partial charge on any atom is 0.253 e. The topological polar surface area (TPSA) is 51.0 Å². The smallest absolute Gasteiger partial charge is 0.253 e.